The minimum Gasteiger partial charge on any atom is -0.494 e. The highest BCUT2D eigenvalue weighted by Crippen LogP contribution is 2.38. The monoisotopic (exact) mass is 491 g/mol. The Hall–Kier alpha value is -3.21. The molecule has 180 valence electrons. The summed E-state index contributed by atoms with van der Waals surface area (Å²) in [5.41, 5.74) is 3.41. The third-order valence-electron chi connectivity index (χ3n) is 5.24. The molecule has 2 heterocycles. The number of amides is 1. The number of aryl methyl sites for hydroxylation is 1. The maximum atomic E-state index is 13.3. The average Bonchev–Trinajstić information content (AvgIpc) is 3.21. The van der Waals surface area contributed by atoms with Gasteiger partial charge in [0, 0.05) is 12.1 Å². The van der Waals surface area contributed by atoms with E-state index < -0.39 is 28.9 Å². The number of aromatic nitrogens is 3. The summed E-state index contributed by atoms with van der Waals surface area (Å²) in [5.74, 6) is 1.01. The number of hydrogen-bond acceptors (Lipinski definition) is 6. The SMILES string of the molecule is CCCc1nnc2n1N[C@@H](c1ccc(OCC)cc1)[C@H](C(=O)Nc1cccc(C(F)(F)F)c1)S2. The summed E-state index contributed by atoms with van der Waals surface area (Å²) in [7, 11) is 0. The van der Waals surface area contributed by atoms with Crippen LogP contribution in [0, 0.1) is 0 Å². The van der Waals surface area contributed by atoms with Gasteiger partial charge in [0.05, 0.1) is 18.2 Å². The van der Waals surface area contributed by atoms with Crippen molar-refractivity contribution in [1.82, 2.24) is 14.9 Å². The predicted molar refractivity (Wildman–Crippen MR) is 123 cm³/mol. The van der Waals surface area contributed by atoms with E-state index in [1.807, 2.05) is 38.1 Å². The van der Waals surface area contributed by atoms with Crippen molar-refractivity contribution in [2.45, 2.75) is 49.3 Å². The van der Waals surface area contributed by atoms with Gasteiger partial charge in [0.15, 0.2) is 5.82 Å². The summed E-state index contributed by atoms with van der Waals surface area (Å²) < 4.78 is 46.6. The molecule has 0 fully saturated rings. The van der Waals surface area contributed by atoms with Crippen molar-refractivity contribution in [3.63, 3.8) is 0 Å². The summed E-state index contributed by atoms with van der Waals surface area (Å²) in [4.78, 5) is 13.3. The second-order valence-corrected chi connectivity index (χ2v) is 8.81. The van der Waals surface area contributed by atoms with Crippen molar-refractivity contribution >= 4 is 23.4 Å². The summed E-state index contributed by atoms with van der Waals surface area (Å²) in [6.45, 7) is 4.46. The van der Waals surface area contributed by atoms with Gasteiger partial charge in [0.1, 0.15) is 11.0 Å². The number of rotatable bonds is 7. The molecule has 0 saturated heterocycles. The van der Waals surface area contributed by atoms with Crippen molar-refractivity contribution in [2.24, 2.45) is 0 Å². The predicted octanol–water partition coefficient (Wildman–Crippen LogP) is 5.05. The lowest BCUT2D eigenvalue weighted by atomic mass is 10.0. The number of carbonyl (C=O) groups excluding carboxylic acids is 1. The fourth-order valence-electron chi connectivity index (χ4n) is 3.66. The van der Waals surface area contributed by atoms with Gasteiger partial charge in [-0.05, 0) is 49.2 Å². The van der Waals surface area contributed by atoms with E-state index in [9.17, 15) is 18.0 Å². The van der Waals surface area contributed by atoms with E-state index in [4.69, 9.17) is 4.74 Å². The number of ether oxygens (including phenoxy) is 1. The van der Waals surface area contributed by atoms with Gasteiger partial charge in [-0.2, -0.15) is 13.2 Å². The summed E-state index contributed by atoms with van der Waals surface area (Å²) in [6.07, 6.45) is -2.92. The molecule has 0 unspecified atom stereocenters. The molecule has 2 atom stereocenters. The first-order valence-corrected chi connectivity index (χ1v) is 11.8. The molecule has 0 spiro atoms. The zero-order valence-electron chi connectivity index (χ0n) is 18.6. The van der Waals surface area contributed by atoms with Crippen LogP contribution in [0.2, 0.25) is 0 Å². The van der Waals surface area contributed by atoms with Gasteiger partial charge in [-0.25, -0.2) is 4.68 Å². The number of nitrogens with zero attached hydrogens (tertiary/aromatic N) is 3. The number of nitrogens with one attached hydrogen (secondary N) is 2. The van der Waals surface area contributed by atoms with Gasteiger partial charge >= 0.3 is 6.18 Å². The van der Waals surface area contributed by atoms with Gasteiger partial charge in [-0.1, -0.05) is 36.9 Å². The van der Waals surface area contributed by atoms with Crippen molar-refractivity contribution in [1.29, 1.82) is 0 Å². The van der Waals surface area contributed by atoms with E-state index in [0.717, 1.165) is 29.9 Å². The smallest absolute Gasteiger partial charge is 0.416 e. The Balaban J connectivity index is 1.64. The third-order valence-corrected chi connectivity index (χ3v) is 6.46. The lowest BCUT2D eigenvalue weighted by Crippen LogP contribution is -2.41. The molecule has 3 aromatic rings. The summed E-state index contributed by atoms with van der Waals surface area (Å²) >= 11 is 1.22. The van der Waals surface area contributed by atoms with Gasteiger partial charge in [0.25, 0.3) is 0 Å². The lowest BCUT2D eigenvalue weighted by molar-refractivity contribution is -0.137. The first-order chi connectivity index (χ1) is 16.3. The van der Waals surface area contributed by atoms with Crippen LogP contribution in [-0.2, 0) is 17.4 Å². The van der Waals surface area contributed by atoms with Crippen molar-refractivity contribution in [3.8, 4) is 5.75 Å². The largest absolute Gasteiger partial charge is 0.494 e. The van der Waals surface area contributed by atoms with E-state index >= 15 is 0 Å². The number of alkyl halides is 3. The van der Waals surface area contributed by atoms with Gasteiger partial charge in [-0.15, -0.1) is 10.2 Å². The Bertz CT molecular complexity index is 1150. The van der Waals surface area contributed by atoms with Crippen molar-refractivity contribution < 1.29 is 22.7 Å². The Morgan fingerprint density at radius 3 is 2.62 bits per heavy atom. The van der Waals surface area contributed by atoms with Crippen LogP contribution in [0.3, 0.4) is 0 Å². The molecule has 0 bridgehead atoms. The van der Waals surface area contributed by atoms with Gasteiger partial charge in [-0.3, -0.25) is 4.79 Å². The fourth-order valence-corrected chi connectivity index (χ4v) is 4.76. The Labute approximate surface area is 199 Å². The fraction of sp³-hybridized carbons (Fsp3) is 0.348. The minimum atomic E-state index is -4.50. The van der Waals surface area contributed by atoms with E-state index in [1.54, 1.807) is 4.68 Å². The van der Waals surface area contributed by atoms with E-state index in [1.165, 1.54) is 23.9 Å². The molecule has 0 saturated carbocycles. The maximum Gasteiger partial charge on any atom is 0.416 e. The maximum absolute atomic E-state index is 13.3. The molecule has 34 heavy (non-hydrogen) atoms. The number of carbonyl (C=O) groups is 1. The Morgan fingerprint density at radius 2 is 1.94 bits per heavy atom. The van der Waals surface area contributed by atoms with Crippen molar-refractivity contribution in [2.75, 3.05) is 17.3 Å². The molecule has 0 radical (unpaired) electrons. The van der Waals surface area contributed by atoms with E-state index in [-0.39, 0.29) is 5.69 Å². The molecule has 1 amide bonds. The molecular formula is C23H24F3N5O2S. The van der Waals surface area contributed by atoms with Gasteiger partial charge in [0.2, 0.25) is 11.1 Å². The Kier molecular flexibility index (Phi) is 7.01. The number of hydrogen-bond donors (Lipinski definition) is 2. The van der Waals surface area contributed by atoms with E-state index in [2.05, 4.69) is 20.9 Å². The number of halogens is 3. The van der Waals surface area contributed by atoms with Crippen LogP contribution < -0.4 is 15.5 Å². The topological polar surface area (TPSA) is 81.1 Å². The number of thioether (sulfide) groups is 1. The molecule has 0 aliphatic carbocycles. The zero-order chi connectivity index (χ0) is 24.3. The number of fused-ring (bicyclic) bond motifs is 1. The lowest BCUT2D eigenvalue weighted by Gasteiger charge is -2.33. The normalized spacial score (nSPS) is 17.6. The first-order valence-electron chi connectivity index (χ1n) is 10.9. The number of benzene rings is 2. The third kappa shape index (κ3) is 5.14. The highest BCUT2D eigenvalue weighted by molar-refractivity contribution is 8.00. The first kappa shape index (κ1) is 23.9. The molecule has 11 heteroatoms. The van der Waals surface area contributed by atoms with Crippen LogP contribution in [0.4, 0.5) is 18.9 Å². The standard InChI is InChI=1S/C23H24F3N5O2S/c1-3-6-18-28-29-22-31(18)30-19(14-9-11-17(12-10-14)33-4-2)20(34-22)21(32)27-16-8-5-7-15(13-16)23(24,25)26/h5,7-13,19-20,30H,3-4,6H2,1-2H3,(H,27,32)/t19-,20+/m0/s1. The zero-order valence-corrected chi connectivity index (χ0v) is 19.4. The van der Waals surface area contributed by atoms with Crippen LogP contribution in [0.25, 0.3) is 0 Å². The summed E-state index contributed by atoms with van der Waals surface area (Å²) in [5, 5.41) is 10.9. The minimum absolute atomic E-state index is 0.0737. The molecule has 7 nitrogen and oxygen atoms in total. The molecule has 1 aliphatic heterocycles. The molecule has 1 aromatic heterocycles. The van der Waals surface area contributed by atoms with Crippen LogP contribution in [0.5, 0.6) is 5.75 Å². The molecule has 2 aromatic carbocycles. The van der Waals surface area contributed by atoms with Crippen molar-refractivity contribution in [3.05, 3.63) is 65.5 Å². The number of anilines is 1. The van der Waals surface area contributed by atoms with Crippen LogP contribution in [0.1, 0.15) is 43.3 Å². The highest BCUT2D eigenvalue weighted by Gasteiger charge is 2.38. The molecule has 2 N–H and O–H groups in total. The second-order valence-electron chi connectivity index (χ2n) is 7.70. The summed E-state index contributed by atoms with van der Waals surface area (Å²) in [6, 6.07) is 11.5. The second kappa shape index (κ2) is 9.96. The van der Waals surface area contributed by atoms with Gasteiger partial charge < -0.3 is 15.5 Å². The highest BCUT2D eigenvalue weighted by atomic mass is 32.2. The quantitative estimate of drug-likeness (QED) is 0.482. The van der Waals surface area contributed by atoms with Crippen LogP contribution >= 0.6 is 11.8 Å². The van der Waals surface area contributed by atoms with Crippen LogP contribution in [-0.4, -0.2) is 32.6 Å². The average molecular weight is 492 g/mol. The van der Waals surface area contributed by atoms with E-state index in [0.29, 0.717) is 23.9 Å². The van der Waals surface area contributed by atoms with Crippen LogP contribution in [0.15, 0.2) is 53.7 Å². The Morgan fingerprint density at radius 1 is 1.18 bits per heavy atom. The molecular weight excluding hydrogens is 467 g/mol. The molecule has 4 rings (SSSR count). The molecule has 1 aliphatic rings.